The molecule has 8 heteroatoms. The summed E-state index contributed by atoms with van der Waals surface area (Å²) in [7, 11) is 0. The van der Waals surface area contributed by atoms with Crippen LogP contribution in [0.4, 0.5) is 4.79 Å². The third-order valence-electron chi connectivity index (χ3n) is 5.31. The fourth-order valence-corrected chi connectivity index (χ4v) is 4.42. The zero-order valence-corrected chi connectivity index (χ0v) is 20.7. The summed E-state index contributed by atoms with van der Waals surface area (Å²) in [5.41, 5.74) is 2.92. The highest BCUT2D eigenvalue weighted by atomic mass is 35.5. The van der Waals surface area contributed by atoms with Crippen LogP contribution in [0.15, 0.2) is 71.6 Å². The first kappa shape index (κ1) is 24.6. The van der Waals surface area contributed by atoms with Crippen LogP contribution in [0, 0.1) is 6.92 Å². The van der Waals surface area contributed by atoms with E-state index in [1.165, 1.54) is 4.90 Å². The number of ether oxygens (including phenoxy) is 2. The maximum Gasteiger partial charge on any atom is 0.343 e. The molecule has 1 aliphatic heterocycles. The molecule has 35 heavy (non-hydrogen) atoms. The Labute approximate surface area is 212 Å². The average molecular weight is 508 g/mol. The summed E-state index contributed by atoms with van der Waals surface area (Å²) in [5.74, 6) is -0.300. The minimum atomic E-state index is -0.548. The molecule has 0 N–H and O–H groups in total. The largest absolute Gasteiger partial charge is 0.490 e. The predicted molar refractivity (Wildman–Crippen MR) is 137 cm³/mol. The molecule has 3 aromatic carbocycles. The summed E-state index contributed by atoms with van der Waals surface area (Å²) in [6, 6.07) is 19.0. The number of hydrogen-bond donors (Lipinski definition) is 0. The summed E-state index contributed by atoms with van der Waals surface area (Å²) in [4.78, 5) is 39.6. The Bertz CT molecular complexity index is 1320. The van der Waals surface area contributed by atoms with Gasteiger partial charge in [-0.05, 0) is 84.8 Å². The van der Waals surface area contributed by atoms with Crippen LogP contribution < -0.4 is 9.47 Å². The van der Waals surface area contributed by atoms with Crippen molar-refractivity contribution in [2.45, 2.75) is 20.4 Å². The van der Waals surface area contributed by atoms with Crippen LogP contribution in [-0.2, 0) is 11.3 Å². The maximum absolute atomic E-state index is 12.9. The molecule has 178 valence electrons. The smallest absolute Gasteiger partial charge is 0.343 e. The van der Waals surface area contributed by atoms with Gasteiger partial charge in [0.1, 0.15) is 0 Å². The first-order chi connectivity index (χ1) is 16.9. The zero-order chi connectivity index (χ0) is 24.9. The number of imide groups is 1. The van der Waals surface area contributed by atoms with Crippen LogP contribution in [0.25, 0.3) is 6.08 Å². The van der Waals surface area contributed by atoms with Gasteiger partial charge in [-0.2, -0.15) is 0 Å². The molecule has 1 heterocycles. The molecule has 1 aliphatic rings. The number of halogens is 1. The molecule has 2 amide bonds. The number of aryl methyl sites for hydroxylation is 1. The SMILES string of the molecule is CCOc1cc(/C=C2\SC(=O)N(Cc3ccccc3C)C2=O)ccc1OC(=O)c1ccc(Cl)cc1. The van der Waals surface area contributed by atoms with Gasteiger partial charge >= 0.3 is 5.97 Å². The Morgan fingerprint density at radius 3 is 2.49 bits per heavy atom. The lowest BCUT2D eigenvalue weighted by atomic mass is 10.1. The Morgan fingerprint density at radius 1 is 1.03 bits per heavy atom. The summed E-state index contributed by atoms with van der Waals surface area (Å²) < 4.78 is 11.2. The van der Waals surface area contributed by atoms with Gasteiger partial charge in [-0.3, -0.25) is 14.5 Å². The minimum absolute atomic E-state index is 0.221. The van der Waals surface area contributed by atoms with E-state index in [4.69, 9.17) is 21.1 Å². The van der Waals surface area contributed by atoms with Gasteiger partial charge in [0, 0.05) is 5.02 Å². The second-order valence-corrected chi connectivity index (χ2v) is 9.16. The second-order valence-electron chi connectivity index (χ2n) is 7.73. The Kier molecular flexibility index (Phi) is 7.58. The van der Waals surface area contributed by atoms with Gasteiger partial charge in [-0.1, -0.05) is 41.9 Å². The van der Waals surface area contributed by atoms with Crippen molar-refractivity contribution in [2.75, 3.05) is 6.61 Å². The normalized spacial score (nSPS) is 14.5. The minimum Gasteiger partial charge on any atom is -0.490 e. The Morgan fingerprint density at radius 2 is 1.77 bits per heavy atom. The van der Waals surface area contributed by atoms with E-state index in [1.807, 2.05) is 38.1 Å². The molecule has 0 aliphatic carbocycles. The summed E-state index contributed by atoms with van der Waals surface area (Å²) in [5, 5.41) is 0.201. The number of benzene rings is 3. The van der Waals surface area contributed by atoms with Gasteiger partial charge in [0.05, 0.1) is 23.6 Å². The molecular formula is C27H22ClNO5S. The van der Waals surface area contributed by atoms with E-state index in [1.54, 1.807) is 48.5 Å². The number of carbonyl (C=O) groups is 3. The number of thioether (sulfide) groups is 1. The number of rotatable bonds is 7. The fourth-order valence-electron chi connectivity index (χ4n) is 3.46. The lowest BCUT2D eigenvalue weighted by molar-refractivity contribution is -0.123. The molecule has 0 spiro atoms. The van der Waals surface area contributed by atoms with Crippen molar-refractivity contribution < 1.29 is 23.9 Å². The fraction of sp³-hybridized carbons (Fsp3) is 0.148. The van der Waals surface area contributed by atoms with E-state index in [2.05, 4.69) is 0 Å². The average Bonchev–Trinajstić information content (AvgIpc) is 3.10. The van der Waals surface area contributed by atoms with Gasteiger partial charge in [0.15, 0.2) is 11.5 Å². The molecule has 1 saturated heterocycles. The molecule has 0 aromatic heterocycles. The second kappa shape index (κ2) is 10.8. The van der Waals surface area contributed by atoms with Crippen LogP contribution in [0.5, 0.6) is 11.5 Å². The zero-order valence-electron chi connectivity index (χ0n) is 19.1. The summed E-state index contributed by atoms with van der Waals surface area (Å²) in [6.45, 7) is 4.33. The van der Waals surface area contributed by atoms with Crippen LogP contribution in [0.1, 0.15) is 34.0 Å². The van der Waals surface area contributed by atoms with Crippen molar-refractivity contribution >= 4 is 46.6 Å². The first-order valence-corrected chi connectivity index (χ1v) is 12.1. The van der Waals surface area contributed by atoms with Crippen LogP contribution in [-0.4, -0.2) is 28.6 Å². The van der Waals surface area contributed by atoms with Crippen molar-refractivity contribution in [3.05, 3.63) is 98.9 Å². The van der Waals surface area contributed by atoms with E-state index >= 15 is 0 Å². The van der Waals surface area contributed by atoms with Crippen molar-refractivity contribution in [2.24, 2.45) is 0 Å². The molecule has 3 aromatic rings. The number of esters is 1. The van der Waals surface area contributed by atoms with Gasteiger partial charge in [-0.15, -0.1) is 0 Å². The van der Waals surface area contributed by atoms with E-state index in [0.29, 0.717) is 33.4 Å². The molecule has 0 saturated carbocycles. The van der Waals surface area contributed by atoms with Crippen LogP contribution in [0.2, 0.25) is 5.02 Å². The standard InChI is InChI=1S/C27H22ClNO5S/c1-3-33-23-14-18(8-13-22(23)34-26(31)19-9-11-21(28)12-10-19)15-24-25(30)29(27(32)35-24)16-20-7-5-4-6-17(20)2/h4-15H,3,16H2,1-2H3/b24-15-. The predicted octanol–water partition coefficient (Wildman–Crippen LogP) is 6.50. The third kappa shape index (κ3) is 5.75. The quantitative estimate of drug-likeness (QED) is 0.206. The number of hydrogen-bond acceptors (Lipinski definition) is 6. The van der Waals surface area contributed by atoms with Gasteiger partial charge < -0.3 is 9.47 Å². The van der Waals surface area contributed by atoms with E-state index in [0.717, 1.165) is 22.9 Å². The van der Waals surface area contributed by atoms with Crippen molar-refractivity contribution in [1.82, 2.24) is 4.90 Å². The number of nitrogens with zero attached hydrogens (tertiary/aromatic N) is 1. The lowest BCUT2D eigenvalue weighted by Gasteiger charge is -2.14. The van der Waals surface area contributed by atoms with E-state index in [-0.39, 0.29) is 23.4 Å². The maximum atomic E-state index is 12.9. The highest BCUT2D eigenvalue weighted by Gasteiger charge is 2.35. The van der Waals surface area contributed by atoms with Gasteiger partial charge in [-0.25, -0.2) is 4.79 Å². The topological polar surface area (TPSA) is 72.9 Å². The van der Waals surface area contributed by atoms with Crippen molar-refractivity contribution in [3.63, 3.8) is 0 Å². The third-order valence-corrected chi connectivity index (χ3v) is 6.47. The molecule has 4 rings (SSSR count). The first-order valence-electron chi connectivity index (χ1n) is 10.9. The molecule has 0 atom stereocenters. The molecule has 0 radical (unpaired) electrons. The van der Waals surface area contributed by atoms with Crippen LogP contribution >= 0.6 is 23.4 Å². The lowest BCUT2D eigenvalue weighted by Crippen LogP contribution is -2.27. The molecule has 0 bridgehead atoms. The summed E-state index contributed by atoms with van der Waals surface area (Å²) in [6.07, 6.45) is 1.63. The molecule has 6 nitrogen and oxygen atoms in total. The number of carbonyl (C=O) groups excluding carboxylic acids is 3. The van der Waals surface area contributed by atoms with Gasteiger partial charge in [0.25, 0.3) is 11.1 Å². The van der Waals surface area contributed by atoms with E-state index < -0.39 is 5.97 Å². The highest BCUT2D eigenvalue weighted by molar-refractivity contribution is 8.18. The van der Waals surface area contributed by atoms with Crippen molar-refractivity contribution in [3.8, 4) is 11.5 Å². The monoisotopic (exact) mass is 507 g/mol. The molecule has 1 fully saturated rings. The van der Waals surface area contributed by atoms with Gasteiger partial charge in [0.2, 0.25) is 0 Å². The molecule has 0 unspecified atom stereocenters. The Hall–Kier alpha value is -3.55. The van der Waals surface area contributed by atoms with E-state index in [9.17, 15) is 14.4 Å². The molecular weight excluding hydrogens is 486 g/mol. The summed E-state index contributed by atoms with van der Waals surface area (Å²) >= 11 is 6.77. The Balaban J connectivity index is 1.54. The van der Waals surface area contributed by atoms with Crippen LogP contribution in [0.3, 0.4) is 0 Å². The van der Waals surface area contributed by atoms with Crippen molar-refractivity contribution in [1.29, 1.82) is 0 Å². The highest BCUT2D eigenvalue weighted by Crippen LogP contribution is 2.36. The number of amides is 2.